The monoisotopic (exact) mass is 174 g/mol. The highest BCUT2D eigenvalue weighted by Crippen LogP contribution is 2.53. The van der Waals surface area contributed by atoms with E-state index in [1.165, 1.54) is 19.3 Å². The van der Waals surface area contributed by atoms with E-state index in [1.54, 1.807) is 18.2 Å². The molecule has 0 aromatic heterocycles. The zero-order valence-electron chi connectivity index (χ0n) is 7.92. The lowest BCUT2D eigenvalue weighted by molar-refractivity contribution is 0.413. The van der Waals surface area contributed by atoms with Gasteiger partial charge in [0.05, 0.1) is 7.11 Å². The minimum absolute atomic E-state index is 0.843. The van der Waals surface area contributed by atoms with Gasteiger partial charge in [0.1, 0.15) is 5.75 Å². The summed E-state index contributed by atoms with van der Waals surface area (Å²) < 4.78 is 5.25. The van der Waals surface area contributed by atoms with Crippen molar-refractivity contribution in [2.75, 3.05) is 7.11 Å². The van der Waals surface area contributed by atoms with Gasteiger partial charge in [-0.3, -0.25) is 0 Å². The van der Waals surface area contributed by atoms with E-state index in [1.807, 2.05) is 0 Å². The Labute approximate surface area is 78.7 Å². The first-order chi connectivity index (χ1) is 6.38. The molecule has 3 rings (SSSR count). The lowest BCUT2D eigenvalue weighted by Gasteiger charge is -2.15. The van der Waals surface area contributed by atoms with Crippen LogP contribution in [0.2, 0.25) is 0 Å². The molecule has 0 radical (unpaired) electrons. The van der Waals surface area contributed by atoms with Gasteiger partial charge in [0.25, 0.3) is 0 Å². The van der Waals surface area contributed by atoms with Crippen molar-refractivity contribution in [3.05, 3.63) is 29.3 Å². The van der Waals surface area contributed by atoms with E-state index in [-0.39, 0.29) is 0 Å². The zero-order valence-corrected chi connectivity index (χ0v) is 7.92. The van der Waals surface area contributed by atoms with Crippen LogP contribution in [0.1, 0.15) is 42.2 Å². The van der Waals surface area contributed by atoms with Gasteiger partial charge in [-0.05, 0) is 54.4 Å². The molecular weight excluding hydrogens is 160 g/mol. The Morgan fingerprint density at radius 3 is 2.69 bits per heavy atom. The molecule has 2 aliphatic carbocycles. The fourth-order valence-electron chi connectivity index (χ4n) is 2.95. The summed E-state index contributed by atoms with van der Waals surface area (Å²) in [6.07, 6.45) is 4.19. The van der Waals surface area contributed by atoms with E-state index in [9.17, 15) is 0 Å². The Kier molecular flexibility index (Phi) is 1.43. The maximum Gasteiger partial charge on any atom is 0.119 e. The van der Waals surface area contributed by atoms with E-state index in [4.69, 9.17) is 4.74 Å². The minimum Gasteiger partial charge on any atom is -0.497 e. The van der Waals surface area contributed by atoms with Crippen LogP contribution in [0.3, 0.4) is 0 Å². The standard InChI is InChI=1S/C12H14O/c1-13-10-4-5-11-8-2-3-9(6-8)12(11)7-10/h4-5,7-9H,2-3,6H2,1H3. The first-order valence-electron chi connectivity index (χ1n) is 5.06. The molecule has 1 fully saturated rings. The van der Waals surface area contributed by atoms with Crippen molar-refractivity contribution in [2.45, 2.75) is 31.1 Å². The summed E-state index contributed by atoms with van der Waals surface area (Å²) in [5.41, 5.74) is 3.16. The lowest BCUT2D eigenvalue weighted by atomic mass is 9.92. The van der Waals surface area contributed by atoms with Gasteiger partial charge in [0, 0.05) is 0 Å². The van der Waals surface area contributed by atoms with Crippen molar-refractivity contribution in [1.82, 2.24) is 0 Å². The number of hydrogen-bond donors (Lipinski definition) is 0. The third-order valence-electron chi connectivity index (χ3n) is 3.61. The molecule has 0 spiro atoms. The number of hydrogen-bond acceptors (Lipinski definition) is 1. The van der Waals surface area contributed by atoms with Crippen molar-refractivity contribution in [2.24, 2.45) is 0 Å². The average Bonchev–Trinajstić information content (AvgIpc) is 2.77. The number of benzene rings is 1. The van der Waals surface area contributed by atoms with Crippen LogP contribution in [0.4, 0.5) is 0 Å². The highest BCUT2D eigenvalue weighted by atomic mass is 16.5. The van der Waals surface area contributed by atoms with Gasteiger partial charge in [-0.25, -0.2) is 0 Å². The molecular formula is C12H14O. The maximum absolute atomic E-state index is 5.25. The van der Waals surface area contributed by atoms with Crippen LogP contribution in [0.5, 0.6) is 5.75 Å². The second kappa shape index (κ2) is 2.50. The van der Waals surface area contributed by atoms with Crippen LogP contribution in [0, 0.1) is 0 Å². The molecule has 68 valence electrons. The first-order valence-corrected chi connectivity index (χ1v) is 5.06. The molecule has 1 saturated carbocycles. The Morgan fingerprint density at radius 2 is 1.92 bits per heavy atom. The smallest absolute Gasteiger partial charge is 0.119 e. The Hall–Kier alpha value is -0.980. The van der Waals surface area contributed by atoms with Gasteiger partial charge >= 0.3 is 0 Å². The number of methoxy groups -OCH3 is 1. The summed E-state index contributed by atoms with van der Waals surface area (Å²) in [6, 6.07) is 6.59. The van der Waals surface area contributed by atoms with Crippen LogP contribution in [0.15, 0.2) is 18.2 Å². The Morgan fingerprint density at radius 1 is 1.15 bits per heavy atom. The van der Waals surface area contributed by atoms with Gasteiger partial charge in [0.2, 0.25) is 0 Å². The van der Waals surface area contributed by atoms with Crippen molar-refractivity contribution in [1.29, 1.82) is 0 Å². The van der Waals surface area contributed by atoms with Crippen molar-refractivity contribution >= 4 is 0 Å². The molecule has 0 N–H and O–H groups in total. The summed E-state index contributed by atoms with van der Waals surface area (Å²) in [5.74, 6) is 2.73. The van der Waals surface area contributed by atoms with Crippen molar-refractivity contribution < 1.29 is 4.74 Å². The van der Waals surface area contributed by atoms with E-state index in [0.29, 0.717) is 0 Å². The molecule has 1 aromatic carbocycles. The van der Waals surface area contributed by atoms with E-state index in [2.05, 4.69) is 18.2 Å². The van der Waals surface area contributed by atoms with Crippen molar-refractivity contribution in [3.8, 4) is 5.75 Å². The predicted octanol–water partition coefficient (Wildman–Crippen LogP) is 3.06. The fraction of sp³-hybridized carbons (Fsp3) is 0.500. The Balaban J connectivity index is 2.11. The summed E-state index contributed by atoms with van der Waals surface area (Å²) in [5, 5.41) is 0. The van der Waals surface area contributed by atoms with Gasteiger partial charge in [0.15, 0.2) is 0 Å². The molecule has 0 saturated heterocycles. The van der Waals surface area contributed by atoms with Crippen molar-refractivity contribution in [3.63, 3.8) is 0 Å². The van der Waals surface area contributed by atoms with E-state index in [0.717, 1.165) is 17.6 Å². The average molecular weight is 174 g/mol. The maximum atomic E-state index is 5.25. The van der Waals surface area contributed by atoms with Crippen LogP contribution in [-0.2, 0) is 0 Å². The molecule has 0 heterocycles. The van der Waals surface area contributed by atoms with Crippen LogP contribution < -0.4 is 4.74 Å². The number of rotatable bonds is 1. The van der Waals surface area contributed by atoms with Crippen LogP contribution >= 0.6 is 0 Å². The second-order valence-electron chi connectivity index (χ2n) is 4.20. The van der Waals surface area contributed by atoms with Crippen LogP contribution in [-0.4, -0.2) is 7.11 Å². The SMILES string of the molecule is COc1ccc2c(c1)C1CCC2C1. The quantitative estimate of drug-likeness (QED) is 0.635. The van der Waals surface area contributed by atoms with Gasteiger partial charge < -0.3 is 4.74 Å². The largest absolute Gasteiger partial charge is 0.497 e. The molecule has 13 heavy (non-hydrogen) atoms. The Bertz CT molecular complexity index is 343. The number of fused-ring (bicyclic) bond motifs is 5. The molecule has 1 nitrogen and oxygen atoms in total. The molecule has 1 aromatic rings. The topological polar surface area (TPSA) is 9.23 Å². The normalized spacial score (nSPS) is 29.0. The summed E-state index contributed by atoms with van der Waals surface area (Å²) >= 11 is 0. The van der Waals surface area contributed by atoms with Gasteiger partial charge in [-0.1, -0.05) is 6.07 Å². The predicted molar refractivity (Wildman–Crippen MR) is 52.3 cm³/mol. The molecule has 1 heteroatoms. The lowest BCUT2D eigenvalue weighted by Crippen LogP contribution is -1.97. The highest BCUT2D eigenvalue weighted by Gasteiger charge is 2.36. The van der Waals surface area contributed by atoms with E-state index < -0.39 is 0 Å². The molecule has 2 bridgehead atoms. The van der Waals surface area contributed by atoms with E-state index >= 15 is 0 Å². The molecule has 0 amide bonds. The molecule has 2 aliphatic rings. The van der Waals surface area contributed by atoms with Gasteiger partial charge in [-0.15, -0.1) is 0 Å². The fourth-order valence-corrected chi connectivity index (χ4v) is 2.95. The number of ether oxygens (including phenoxy) is 1. The third kappa shape index (κ3) is 0.932. The summed E-state index contributed by atoms with van der Waals surface area (Å²) in [7, 11) is 1.74. The summed E-state index contributed by atoms with van der Waals surface area (Å²) in [4.78, 5) is 0. The zero-order chi connectivity index (χ0) is 8.84. The summed E-state index contributed by atoms with van der Waals surface area (Å²) in [6.45, 7) is 0. The molecule has 2 unspecified atom stereocenters. The molecule has 0 aliphatic heterocycles. The van der Waals surface area contributed by atoms with Gasteiger partial charge in [-0.2, -0.15) is 0 Å². The minimum atomic E-state index is 0.843. The highest BCUT2D eigenvalue weighted by molar-refractivity contribution is 5.45. The van der Waals surface area contributed by atoms with Crippen LogP contribution in [0.25, 0.3) is 0 Å². The molecule has 2 atom stereocenters. The third-order valence-corrected chi connectivity index (χ3v) is 3.61. The second-order valence-corrected chi connectivity index (χ2v) is 4.20. The first kappa shape index (κ1) is 7.43.